The van der Waals surface area contributed by atoms with Gasteiger partial charge in [0.2, 0.25) is 0 Å². The van der Waals surface area contributed by atoms with Crippen LogP contribution in [0.1, 0.15) is 0 Å². The molecular formula is C74H50BBr2N7O2. The van der Waals surface area contributed by atoms with Crippen LogP contribution in [-0.2, 0) is 0 Å². The maximum atomic E-state index is 9.43. The van der Waals surface area contributed by atoms with Crippen molar-refractivity contribution in [2.75, 3.05) is 0 Å². The molecule has 0 aliphatic carbocycles. The third-order valence-electron chi connectivity index (χ3n) is 15.6. The van der Waals surface area contributed by atoms with E-state index in [9.17, 15) is 10.0 Å². The quantitative estimate of drug-likeness (QED) is 0.116. The standard InChI is InChI=1S/C46H30N4.C18H14BNO2.C10H6Br2N2/c1-3-11-35(12-4-1)49-43-17-9-7-15-37(43)39-27-31(21-25-45(39)49)41-23-19-33(29-47-41)34-20-24-42(48-30-34)32-22-26-46-40(28-32)38-16-8-10-18-44(38)50(46)36-13-5-2-6-14-36;21-19(22)13-10-11-18-16(12-13)15-8-4-5-9-17(15)20(18)14-6-2-1-3-7-14;11-9-3-1-7(5-13-9)8-2-4-10(12)14-6-8/h1-30H;1-12,21-22H;1-6H. The number of para-hydroxylation sites is 6. The van der Waals surface area contributed by atoms with Gasteiger partial charge < -0.3 is 23.7 Å². The summed E-state index contributed by atoms with van der Waals surface area (Å²) < 4.78 is 8.54. The first-order chi connectivity index (χ1) is 42.3. The summed E-state index contributed by atoms with van der Waals surface area (Å²) in [6, 6.07) is 91.8. The van der Waals surface area contributed by atoms with E-state index in [1.165, 1.54) is 43.6 Å². The fraction of sp³-hybridized carbons (Fsp3) is 0. The molecule has 0 aliphatic rings. The summed E-state index contributed by atoms with van der Waals surface area (Å²) >= 11 is 6.59. The van der Waals surface area contributed by atoms with Crippen LogP contribution in [0.4, 0.5) is 0 Å². The van der Waals surface area contributed by atoms with Crippen LogP contribution in [0.15, 0.2) is 301 Å². The Hall–Kier alpha value is -10.1. The topological polar surface area (TPSA) is 107 Å². The molecule has 0 amide bonds. The van der Waals surface area contributed by atoms with Crippen LogP contribution in [0.3, 0.4) is 0 Å². The molecule has 0 radical (unpaired) electrons. The zero-order valence-corrected chi connectivity index (χ0v) is 49.2. The molecule has 0 bridgehead atoms. The van der Waals surface area contributed by atoms with Crippen molar-refractivity contribution in [3.63, 3.8) is 0 Å². The zero-order chi connectivity index (χ0) is 58.1. The van der Waals surface area contributed by atoms with Gasteiger partial charge in [-0.3, -0.25) is 9.97 Å². The van der Waals surface area contributed by atoms with Gasteiger partial charge in [-0.25, -0.2) is 9.97 Å². The monoisotopic (exact) mass is 1240 g/mol. The zero-order valence-electron chi connectivity index (χ0n) is 46.1. The minimum Gasteiger partial charge on any atom is -0.423 e. The molecule has 2 N–H and O–H groups in total. The van der Waals surface area contributed by atoms with Crippen LogP contribution < -0.4 is 5.46 Å². The van der Waals surface area contributed by atoms with Crippen molar-refractivity contribution < 1.29 is 10.0 Å². The maximum Gasteiger partial charge on any atom is 0.488 e. The highest BCUT2D eigenvalue weighted by atomic mass is 79.9. The lowest BCUT2D eigenvalue weighted by atomic mass is 9.80. The number of aromatic nitrogens is 7. The number of halogens is 2. The highest BCUT2D eigenvalue weighted by Crippen LogP contribution is 2.38. The molecule has 16 rings (SSSR count). The molecule has 410 valence electrons. The van der Waals surface area contributed by atoms with Crippen molar-refractivity contribution in [1.29, 1.82) is 0 Å². The first kappa shape index (κ1) is 53.9. The lowest BCUT2D eigenvalue weighted by Crippen LogP contribution is -2.29. The molecule has 0 aliphatic heterocycles. The first-order valence-corrected chi connectivity index (χ1v) is 29.7. The number of rotatable bonds is 8. The molecule has 0 saturated heterocycles. The maximum absolute atomic E-state index is 9.43. The van der Waals surface area contributed by atoms with Crippen molar-refractivity contribution in [3.8, 4) is 61.8 Å². The third-order valence-corrected chi connectivity index (χ3v) is 16.6. The summed E-state index contributed by atoms with van der Waals surface area (Å²) in [6.45, 7) is 0. The smallest absolute Gasteiger partial charge is 0.423 e. The van der Waals surface area contributed by atoms with Gasteiger partial charge in [-0.1, -0.05) is 158 Å². The predicted molar refractivity (Wildman–Crippen MR) is 360 cm³/mol. The second-order valence-corrected chi connectivity index (χ2v) is 22.4. The van der Waals surface area contributed by atoms with Crippen LogP contribution >= 0.6 is 31.9 Å². The molecule has 7 aromatic heterocycles. The normalized spacial score (nSPS) is 11.3. The molecule has 0 spiro atoms. The van der Waals surface area contributed by atoms with E-state index >= 15 is 0 Å². The average Bonchev–Trinajstić information content (AvgIpc) is 2.29. The van der Waals surface area contributed by atoms with E-state index in [1.807, 2.05) is 91.5 Å². The lowest BCUT2D eigenvalue weighted by molar-refractivity contribution is 0.426. The second-order valence-electron chi connectivity index (χ2n) is 20.8. The summed E-state index contributed by atoms with van der Waals surface area (Å²) in [4.78, 5) is 18.1. The summed E-state index contributed by atoms with van der Waals surface area (Å²) in [7, 11) is -1.46. The summed E-state index contributed by atoms with van der Waals surface area (Å²) in [5, 5.41) is 25.9. The van der Waals surface area contributed by atoms with Gasteiger partial charge in [0.1, 0.15) is 9.21 Å². The first-order valence-electron chi connectivity index (χ1n) is 28.1. The Kier molecular flexibility index (Phi) is 14.7. The van der Waals surface area contributed by atoms with Gasteiger partial charge in [0.05, 0.1) is 44.5 Å². The van der Waals surface area contributed by atoms with Crippen molar-refractivity contribution in [2.24, 2.45) is 0 Å². The minimum absolute atomic E-state index is 0.503. The molecule has 9 aromatic carbocycles. The Morgan fingerprint density at radius 3 is 0.907 bits per heavy atom. The van der Waals surface area contributed by atoms with Crippen LogP contribution in [-0.4, -0.2) is 50.8 Å². The molecule has 9 nitrogen and oxygen atoms in total. The fourth-order valence-corrected chi connectivity index (χ4v) is 12.0. The molecule has 0 saturated carbocycles. The van der Waals surface area contributed by atoms with Crippen molar-refractivity contribution in [3.05, 3.63) is 301 Å². The highest BCUT2D eigenvalue weighted by molar-refractivity contribution is 9.10. The fourth-order valence-electron chi connectivity index (χ4n) is 11.5. The lowest BCUT2D eigenvalue weighted by Gasteiger charge is -2.09. The Morgan fingerprint density at radius 1 is 0.267 bits per heavy atom. The second kappa shape index (κ2) is 23.5. The Balaban J connectivity index is 0.000000148. The molecular weight excluding hydrogens is 1190 g/mol. The van der Waals surface area contributed by atoms with Gasteiger partial charge in [0, 0.05) is 108 Å². The molecule has 12 heteroatoms. The number of hydrogen-bond donors (Lipinski definition) is 2. The summed E-state index contributed by atoms with van der Waals surface area (Å²) in [5.41, 5.74) is 19.1. The van der Waals surface area contributed by atoms with Gasteiger partial charge in [0.15, 0.2) is 0 Å². The van der Waals surface area contributed by atoms with E-state index in [1.54, 1.807) is 6.07 Å². The SMILES string of the molecule is Brc1ccc(-c2ccc(Br)nc2)cn1.OB(O)c1ccc2c(c1)c1ccccc1n2-c1ccccc1.c1ccc(-n2c3ccccc3c3cc(-c4ccc(-c5ccc(-c6ccc7c(c6)c6ccccc6n7-c6ccccc6)nc5)cn4)ccc32)cc1. The molecule has 0 fully saturated rings. The van der Waals surface area contributed by atoms with Crippen molar-refractivity contribution in [2.45, 2.75) is 0 Å². The van der Waals surface area contributed by atoms with E-state index in [2.05, 4.69) is 250 Å². The average molecular weight is 1240 g/mol. The molecule has 86 heavy (non-hydrogen) atoms. The van der Waals surface area contributed by atoms with E-state index in [0.29, 0.717) is 5.46 Å². The van der Waals surface area contributed by atoms with Gasteiger partial charge in [-0.05, 0) is 147 Å². The summed E-state index contributed by atoms with van der Waals surface area (Å²) in [5.74, 6) is 0. The predicted octanol–water partition coefficient (Wildman–Crippen LogP) is 17.8. The minimum atomic E-state index is -1.46. The molecule has 0 unspecified atom stereocenters. The van der Waals surface area contributed by atoms with Gasteiger partial charge in [-0.15, -0.1) is 0 Å². The van der Waals surface area contributed by atoms with Gasteiger partial charge in [0.25, 0.3) is 0 Å². The van der Waals surface area contributed by atoms with Gasteiger partial charge in [-0.2, -0.15) is 0 Å². The van der Waals surface area contributed by atoms with Crippen LogP contribution in [0.5, 0.6) is 0 Å². The largest absolute Gasteiger partial charge is 0.488 e. The van der Waals surface area contributed by atoms with Gasteiger partial charge >= 0.3 is 7.12 Å². The third kappa shape index (κ3) is 10.5. The Bertz CT molecular complexity index is 4840. The summed E-state index contributed by atoms with van der Waals surface area (Å²) in [6.07, 6.45) is 7.53. The van der Waals surface area contributed by atoms with E-state index < -0.39 is 7.12 Å². The molecule has 0 atom stereocenters. The number of benzene rings is 9. The van der Waals surface area contributed by atoms with Crippen molar-refractivity contribution in [1.82, 2.24) is 33.6 Å². The van der Waals surface area contributed by atoms with E-state index in [4.69, 9.17) is 9.97 Å². The number of fused-ring (bicyclic) bond motifs is 9. The number of nitrogens with zero attached hydrogens (tertiary/aromatic N) is 7. The molecule has 16 aromatic rings. The molecule has 7 heterocycles. The van der Waals surface area contributed by atoms with E-state index in [0.717, 1.165) is 92.8 Å². The van der Waals surface area contributed by atoms with Crippen molar-refractivity contribution >= 4 is 110 Å². The van der Waals surface area contributed by atoms with Crippen LogP contribution in [0.2, 0.25) is 0 Å². The number of pyridine rings is 4. The number of hydrogen-bond acceptors (Lipinski definition) is 6. The Labute approximate surface area is 512 Å². The van der Waals surface area contributed by atoms with Crippen LogP contribution in [0, 0.1) is 0 Å². The Morgan fingerprint density at radius 2 is 0.570 bits per heavy atom. The van der Waals surface area contributed by atoms with Crippen LogP contribution in [0.25, 0.3) is 127 Å². The van der Waals surface area contributed by atoms with E-state index in [-0.39, 0.29) is 0 Å². The highest BCUT2D eigenvalue weighted by Gasteiger charge is 2.18.